The summed E-state index contributed by atoms with van der Waals surface area (Å²) in [6, 6.07) is 3.31. The summed E-state index contributed by atoms with van der Waals surface area (Å²) in [5, 5.41) is 0.298. The molecule has 1 aromatic rings. The molecule has 4 N–H and O–H groups in total. The van der Waals surface area contributed by atoms with E-state index in [1.54, 1.807) is 12.1 Å². The van der Waals surface area contributed by atoms with Crippen molar-refractivity contribution < 1.29 is 4.79 Å². The summed E-state index contributed by atoms with van der Waals surface area (Å²) in [7, 11) is 0. The van der Waals surface area contributed by atoms with E-state index in [1.807, 2.05) is 0 Å². The average Bonchev–Trinajstić information content (AvgIpc) is 2.10. The van der Waals surface area contributed by atoms with E-state index in [0.29, 0.717) is 22.3 Å². The molecule has 5 heteroatoms. The number of nitrogen functional groups attached to an aromatic ring is 2. The molecule has 0 heterocycles. The highest BCUT2D eigenvalue weighted by Gasteiger charge is 2.10. The summed E-state index contributed by atoms with van der Waals surface area (Å²) in [4.78, 5) is 11.3. The molecule has 0 atom stereocenters. The first-order valence-electron chi connectivity index (χ1n) is 3.50. The molecule has 0 aliphatic heterocycles. The van der Waals surface area contributed by atoms with Gasteiger partial charge in [-0.05, 0) is 34.7 Å². The number of alkyl halides is 1. The first-order chi connectivity index (χ1) is 6.06. The quantitative estimate of drug-likeness (QED) is 0.369. The fourth-order valence-electron chi connectivity index (χ4n) is 0.891. The zero-order chi connectivity index (χ0) is 10.0. The van der Waals surface area contributed by atoms with Crippen molar-refractivity contribution in [2.24, 2.45) is 0 Å². The molecule has 0 aliphatic rings. The number of rotatable bonds is 2. The van der Waals surface area contributed by atoms with Gasteiger partial charge in [0.1, 0.15) is 0 Å². The van der Waals surface area contributed by atoms with Gasteiger partial charge in [0.15, 0.2) is 5.78 Å². The van der Waals surface area contributed by atoms with E-state index in [0.717, 1.165) is 3.57 Å². The monoisotopic (exact) mass is 354 g/mol. The number of hydrogen-bond acceptors (Lipinski definition) is 3. The molecule has 0 amide bonds. The lowest BCUT2D eigenvalue weighted by Gasteiger charge is -2.05. The average molecular weight is 355 g/mol. The predicted octanol–water partition coefficient (Wildman–Crippen LogP) is 2.03. The lowest BCUT2D eigenvalue weighted by atomic mass is 10.1. The molecular weight excluding hydrogens is 347 g/mol. The second kappa shape index (κ2) is 4.28. The van der Waals surface area contributed by atoms with Crippen LogP contribution >= 0.6 is 38.5 Å². The topological polar surface area (TPSA) is 69.1 Å². The number of benzene rings is 1. The van der Waals surface area contributed by atoms with Crippen molar-refractivity contribution in [1.29, 1.82) is 0 Å². The summed E-state index contributed by atoms with van der Waals surface area (Å²) < 4.78 is 0.828. The van der Waals surface area contributed by atoms with Crippen LogP contribution in [-0.2, 0) is 0 Å². The number of anilines is 2. The van der Waals surface area contributed by atoms with Crippen LogP contribution in [0.2, 0.25) is 0 Å². The molecule has 0 saturated heterocycles. The van der Waals surface area contributed by atoms with E-state index in [-0.39, 0.29) is 5.78 Å². The number of hydrogen-bond donors (Lipinski definition) is 2. The van der Waals surface area contributed by atoms with Gasteiger partial charge in [0.2, 0.25) is 0 Å². The zero-order valence-electron chi connectivity index (χ0n) is 6.68. The fourth-order valence-corrected chi connectivity index (χ4v) is 1.99. The summed E-state index contributed by atoms with van der Waals surface area (Å²) in [5.41, 5.74) is 12.7. The minimum absolute atomic E-state index is 0.0103. The number of Topliss-reactive ketones (excluding diaryl/α,β-unsaturated/α-hetero) is 1. The SMILES string of the molecule is Nc1cc(I)c(C(=O)CBr)cc1N. The Bertz CT molecular complexity index is 354. The van der Waals surface area contributed by atoms with Crippen LogP contribution in [0.25, 0.3) is 0 Å². The highest BCUT2D eigenvalue weighted by Crippen LogP contribution is 2.23. The number of carbonyl (C=O) groups is 1. The maximum absolute atomic E-state index is 11.3. The van der Waals surface area contributed by atoms with Crippen molar-refractivity contribution in [3.05, 3.63) is 21.3 Å². The van der Waals surface area contributed by atoms with E-state index in [1.165, 1.54) is 0 Å². The molecule has 3 nitrogen and oxygen atoms in total. The van der Waals surface area contributed by atoms with E-state index < -0.39 is 0 Å². The Balaban J connectivity index is 3.23. The van der Waals surface area contributed by atoms with E-state index in [2.05, 4.69) is 38.5 Å². The third kappa shape index (κ3) is 2.34. The number of ketones is 1. The van der Waals surface area contributed by atoms with Crippen LogP contribution in [0.15, 0.2) is 12.1 Å². The molecule has 1 aromatic carbocycles. The molecule has 1 rings (SSSR count). The summed E-state index contributed by atoms with van der Waals surface area (Å²) in [6.07, 6.45) is 0. The van der Waals surface area contributed by atoms with Crippen LogP contribution in [0.1, 0.15) is 10.4 Å². The highest BCUT2D eigenvalue weighted by molar-refractivity contribution is 14.1. The number of halogens is 2. The van der Waals surface area contributed by atoms with E-state index in [9.17, 15) is 4.79 Å². The molecule has 0 bridgehead atoms. The van der Waals surface area contributed by atoms with Crippen LogP contribution in [-0.4, -0.2) is 11.1 Å². The Morgan fingerprint density at radius 2 is 1.92 bits per heavy atom. The smallest absolute Gasteiger partial charge is 0.174 e. The molecule has 13 heavy (non-hydrogen) atoms. The normalized spacial score (nSPS) is 10.0. The fraction of sp³-hybridized carbons (Fsp3) is 0.125. The maximum atomic E-state index is 11.3. The van der Waals surface area contributed by atoms with Gasteiger partial charge in [-0.25, -0.2) is 0 Å². The Morgan fingerprint density at radius 3 is 2.46 bits per heavy atom. The summed E-state index contributed by atoms with van der Waals surface area (Å²) in [6.45, 7) is 0. The van der Waals surface area contributed by atoms with Gasteiger partial charge in [0.25, 0.3) is 0 Å². The second-order valence-electron chi connectivity index (χ2n) is 2.52. The van der Waals surface area contributed by atoms with Crippen LogP contribution in [0.4, 0.5) is 11.4 Å². The van der Waals surface area contributed by atoms with E-state index >= 15 is 0 Å². The molecule has 0 aromatic heterocycles. The Labute approximate surface area is 98.1 Å². The minimum atomic E-state index is 0.0103. The maximum Gasteiger partial charge on any atom is 0.174 e. The van der Waals surface area contributed by atoms with Gasteiger partial charge in [-0.15, -0.1) is 0 Å². The molecule has 0 spiro atoms. The number of carbonyl (C=O) groups excluding carboxylic acids is 1. The minimum Gasteiger partial charge on any atom is -0.397 e. The third-order valence-corrected chi connectivity index (χ3v) is 3.00. The largest absolute Gasteiger partial charge is 0.397 e. The standard InChI is InChI=1S/C8H8BrIN2O/c9-3-8(13)4-1-6(11)7(12)2-5(4)10/h1-2H,3,11-12H2. The van der Waals surface area contributed by atoms with Crippen molar-refractivity contribution in [2.45, 2.75) is 0 Å². The molecule has 70 valence electrons. The van der Waals surface area contributed by atoms with Gasteiger partial charge in [-0.3, -0.25) is 4.79 Å². The van der Waals surface area contributed by atoms with Crippen molar-refractivity contribution in [1.82, 2.24) is 0 Å². The van der Waals surface area contributed by atoms with Crippen molar-refractivity contribution in [3.63, 3.8) is 0 Å². The molecule has 0 unspecified atom stereocenters. The number of nitrogens with two attached hydrogens (primary N) is 2. The lowest BCUT2D eigenvalue weighted by molar-refractivity contribution is 0.102. The van der Waals surface area contributed by atoms with Crippen molar-refractivity contribution >= 4 is 55.7 Å². The van der Waals surface area contributed by atoms with Gasteiger partial charge >= 0.3 is 0 Å². The Hall–Kier alpha value is -0.300. The summed E-state index contributed by atoms with van der Waals surface area (Å²) >= 11 is 5.17. The molecular formula is C8H8BrIN2O. The predicted molar refractivity (Wildman–Crippen MR) is 66.1 cm³/mol. The molecule has 0 radical (unpaired) electrons. The lowest BCUT2D eigenvalue weighted by Crippen LogP contribution is -2.05. The molecule has 0 aliphatic carbocycles. The van der Waals surface area contributed by atoms with Crippen LogP contribution < -0.4 is 11.5 Å². The zero-order valence-corrected chi connectivity index (χ0v) is 10.4. The Kier molecular flexibility index (Phi) is 3.55. The highest BCUT2D eigenvalue weighted by atomic mass is 127. The van der Waals surface area contributed by atoms with Gasteiger partial charge in [0, 0.05) is 9.13 Å². The van der Waals surface area contributed by atoms with Crippen LogP contribution in [0.3, 0.4) is 0 Å². The van der Waals surface area contributed by atoms with Gasteiger partial charge in [-0.2, -0.15) is 0 Å². The first kappa shape index (κ1) is 10.8. The second-order valence-corrected chi connectivity index (χ2v) is 4.24. The van der Waals surface area contributed by atoms with Gasteiger partial charge in [-0.1, -0.05) is 15.9 Å². The van der Waals surface area contributed by atoms with Crippen LogP contribution in [0, 0.1) is 3.57 Å². The Morgan fingerprint density at radius 1 is 1.38 bits per heavy atom. The van der Waals surface area contributed by atoms with Gasteiger partial charge in [0.05, 0.1) is 16.7 Å². The van der Waals surface area contributed by atoms with Gasteiger partial charge < -0.3 is 11.5 Å². The first-order valence-corrected chi connectivity index (χ1v) is 5.70. The van der Waals surface area contributed by atoms with Crippen molar-refractivity contribution in [2.75, 3.05) is 16.8 Å². The van der Waals surface area contributed by atoms with E-state index in [4.69, 9.17) is 11.5 Å². The van der Waals surface area contributed by atoms with Crippen LogP contribution in [0.5, 0.6) is 0 Å². The molecule has 0 saturated carbocycles. The third-order valence-electron chi connectivity index (χ3n) is 1.59. The molecule has 0 fully saturated rings. The summed E-state index contributed by atoms with van der Waals surface area (Å²) in [5.74, 6) is 0.0103. The van der Waals surface area contributed by atoms with Crippen molar-refractivity contribution in [3.8, 4) is 0 Å².